The first-order valence-electron chi connectivity index (χ1n) is 9.32. The van der Waals surface area contributed by atoms with Gasteiger partial charge >= 0.3 is 0 Å². The molecule has 26 heavy (non-hydrogen) atoms. The minimum absolute atomic E-state index is 0. The van der Waals surface area contributed by atoms with Gasteiger partial charge in [-0.25, -0.2) is 9.97 Å². The van der Waals surface area contributed by atoms with Crippen LogP contribution in [0.2, 0.25) is 0 Å². The van der Waals surface area contributed by atoms with E-state index >= 15 is 0 Å². The molecule has 3 fully saturated rings. The molecule has 1 aromatic heterocycles. The van der Waals surface area contributed by atoms with Crippen LogP contribution in [0.15, 0.2) is 18.5 Å². The molecule has 0 spiro atoms. The normalized spacial score (nSPS) is 30.5. The minimum atomic E-state index is -0.163. The minimum Gasteiger partial charge on any atom is -0.351 e. The summed E-state index contributed by atoms with van der Waals surface area (Å²) in [5.74, 6) is 1.56. The van der Waals surface area contributed by atoms with Crippen LogP contribution in [-0.2, 0) is 4.79 Å². The van der Waals surface area contributed by atoms with Gasteiger partial charge in [-0.3, -0.25) is 4.79 Å². The molecule has 3 aliphatic rings. The van der Waals surface area contributed by atoms with E-state index in [9.17, 15) is 4.79 Å². The molecule has 1 amide bonds. The highest BCUT2D eigenvalue weighted by Gasteiger charge is 2.50. The van der Waals surface area contributed by atoms with E-state index in [2.05, 4.69) is 25.5 Å². The third kappa shape index (κ3) is 4.07. The molecule has 8 heteroatoms. The summed E-state index contributed by atoms with van der Waals surface area (Å²) < 4.78 is 0. The quantitative estimate of drug-likeness (QED) is 0.811. The third-order valence-corrected chi connectivity index (χ3v) is 6.08. The fourth-order valence-electron chi connectivity index (χ4n) is 4.75. The molecule has 1 aliphatic carbocycles. The molecule has 6 nitrogen and oxygen atoms in total. The van der Waals surface area contributed by atoms with Gasteiger partial charge in [0.25, 0.3) is 0 Å². The highest BCUT2D eigenvalue weighted by Crippen LogP contribution is 2.44. The summed E-state index contributed by atoms with van der Waals surface area (Å²) in [6, 6.07) is 2.04. The topological polar surface area (TPSA) is 70.2 Å². The number of nitrogens with one attached hydrogen (secondary N) is 2. The molecule has 2 N–H and O–H groups in total. The number of halogens is 2. The molecule has 1 unspecified atom stereocenters. The van der Waals surface area contributed by atoms with E-state index in [0.29, 0.717) is 5.92 Å². The second-order valence-corrected chi connectivity index (χ2v) is 7.54. The number of anilines is 1. The molecular weight excluding hydrogens is 373 g/mol. The van der Waals surface area contributed by atoms with Crippen LogP contribution in [0.3, 0.4) is 0 Å². The van der Waals surface area contributed by atoms with Crippen LogP contribution in [-0.4, -0.2) is 48.1 Å². The fourth-order valence-corrected chi connectivity index (χ4v) is 4.75. The van der Waals surface area contributed by atoms with Gasteiger partial charge in [-0.15, -0.1) is 24.8 Å². The van der Waals surface area contributed by atoms with Crippen LogP contribution in [0.5, 0.6) is 0 Å². The maximum atomic E-state index is 13.1. The van der Waals surface area contributed by atoms with Crippen molar-refractivity contribution in [2.75, 3.05) is 31.1 Å². The smallest absolute Gasteiger partial charge is 0.228 e. The summed E-state index contributed by atoms with van der Waals surface area (Å²) in [5, 5.41) is 6.84. The first-order chi connectivity index (χ1) is 11.8. The van der Waals surface area contributed by atoms with Crippen molar-refractivity contribution in [1.29, 1.82) is 0 Å². The lowest BCUT2D eigenvalue weighted by Crippen LogP contribution is -2.55. The van der Waals surface area contributed by atoms with Crippen LogP contribution >= 0.6 is 24.8 Å². The van der Waals surface area contributed by atoms with E-state index in [1.807, 2.05) is 6.07 Å². The Hall–Kier alpha value is -1.11. The molecule has 0 radical (unpaired) electrons. The summed E-state index contributed by atoms with van der Waals surface area (Å²) in [6.45, 7) is 3.62. The lowest BCUT2D eigenvalue weighted by molar-refractivity contribution is -0.134. The van der Waals surface area contributed by atoms with Crippen molar-refractivity contribution in [2.24, 2.45) is 11.3 Å². The Labute approximate surface area is 167 Å². The summed E-state index contributed by atoms with van der Waals surface area (Å²) in [6.07, 6.45) is 10.3. The number of nitrogens with zero attached hydrogens (tertiary/aromatic N) is 3. The number of hydrogen-bond donors (Lipinski definition) is 2. The Bertz CT molecular complexity index is 590. The molecule has 4 rings (SSSR count). The summed E-state index contributed by atoms with van der Waals surface area (Å²) in [5.41, 5.74) is -0.163. The van der Waals surface area contributed by atoms with Crippen LogP contribution < -0.4 is 15.5 Å². The lowest BCUT2D eigenvalue weighted by Gasteiger charge is -2.40. The Morgan fingerprint density at radius 2 is 2.00 bits per heavy atom. The Balaban J connectivity index is 0.00000121. The molecule has 1 saturated carbocycles. The van der Waals surface area contributed by atoms with Crippen molar-refractivity contribution in [3.63, 3.8) is 0 Å². The predicted molar refractivity (Wildman–Crippen MR) is 107 cm³/mol. The van der Waals surface area contributed by atoms with E-state index < -0.39 is 0 Å². The molecule has 2 aliphatic heterocycles. The average Bonchev–Trinajstić information content (AvgIpc) is 3.08. The van der Waals surface area contributed by atoms with Crippen LogP contribution in [0.25, 0.3) is 0 Å². The summed E-state index contributed by atoms with van der Waals surface area (Å²) in [4.78, 5) is 24.0. The van der Waals surface area contributed by atoms with Gasteiger partial charge in [0.15, 0.2) is 0 Å². The van der Waals surface area contributed by atoms with Crippen LogP contribution in [0.1, 0.15) is 38.5 Å². The standard InChI is InChI=1S/C18H27N5O.2ClH/c24-16(18-7-2-1-5-14(18)11-19-13-18)22-15-6-3-10-23(12-15)17-20-8-4-9-21-17;;/h4,8-9,14-15,19H,1-3,5-7,10-13H2,(H,22,24);2*1H/t14-,15?,18+;;/m0../s1. The van der Waals surface area contributed by atoms with Gasteiger partial charge in [0.1, 0.15) is 0 Å². The molecular formula is C18H29Cl2N5O. The monoisotopic (exact) mass is 401 g/mol. The van der Waals surface area contributed by atoms with Crippen molar-refractivity contribution >= 4 is 36.7 Å². The molecule has 3 heterocycles. The number of amides is 1. The highest BCUT2D eigenvalue weighted by atomic mass is 35.5. The van der Waals surface area contributed by atoms with Crippen molar-refractivity contribution in [3.8, 4) is 0 Å². The fraction of sp³-hybridized carbons (Fsp3) is 0.722. The molecule has 146 valence electrons. The number of carbonyl (C=O) groups excluding carboxylic acids is 1. The highest BCUT2D eigenvalue weighted by molar-refractivity contribution is 5.85. The number of piperidine rings is 1. The molecule has 3 atom stereocenters. The number of fused-ring (bicyclic) bond motifs is 1. The van der Waals surface area contributed by atoms with Crippen molar-refractivity contribution < 1.29 is 4.79 Å². The Morgan fingerprint density at radius 3 is 2.81 bits per heavy atom. The summed E-state index contributed by atoms with van der Waals surface area (Å²) >= 11 is 0. The molecule has 0 bridgehead atoms. The van der Waals surface area contributed by atoms with Crippen molar-refractivity contribution in [2.45, 2.75) is 44.6 Å². The summed E-state index contributed by atoms with van der Waals surface area (Å²) in [7, 11) is 0. The molecule has 2 saturated heterocycles. The number of carbonyl (C=O) groups is 1. The van der Waals surface area contributed by atoms with E-state index in [1.54, 1.807) is 12.4 Å². The zero-order valence-corrected chi connectivity index (χ0v) is 16.7. The van der Waals surface area contributed by atoms with Gasteiger partial charge in [-0.2, -0.15) is 0 Å². The van der Waals surface area contributed by atoms with Crippen molar-refractivity contribution in [1.82, 2.24) is 20.6 Å². The third-order valence-electron chi connectivity index (χ3n) is 6.08. The largest absolute Gasteiger partial charge is 0.351 e. The van der Waals surface area contributed by atoms with E-state index in [-0.39, 0.29) is 42.2 Å². The zero-order chi connectivity index (χ0) is 16.4. The van der Waals surface area contributed by atoms with Gasteiger partial charge in [0.05, 0.1) is 5.41 Å². The first kappa shape index (κ1) is 21.2. The van der Waals surface area contributed by atoms with Gasteiger partial charge in [0.2, 0.25) is 11.9 Å². The van der Waals surface area contributed by atoms with Gasteiger partial charge in [0, 0.05) is 38.1 Å². The number of rotatable bonds is 3. The Kier molecular flexibility index (Phi) is 7.50. The van der Waals surface area contributed by atoms with Gasteiger partial charge in [-0.1, -0.05) is 12.8 Å². The first-order valence-corrected chi connectivity index (χ1v) is 9.32. The van der Waals surface area contributed by atoms with E-state index in [4.69, 9.17) is 0 Å². The zero-order valence-electron chi connectivity index (χ0n) is 15.0. The molecule has 1 aromatic rings. The average molecular weight is 402 g/mol. The van der Waals surface area contributed by atoms with Gasteiger partial charge in [-0.05, 0) is 44.2 Å². The van der Waals surface area contributed by atoms with Gasteiger partial charge < -0.3 is 15.5 Å². The van der Waals surface area contributed by atoms with Crippen molar-refractivity contribution in [3.05, 3.63) is 18.5 Å². The SMILES string of the molecule is Cl.Cl.O=C(NC1CCCN(c2ncccn2)C1)[C@@]12CCCC[C@H]1CNC2. The maximum Gasteiger partial charge on any atom is 0.228 e. The molecule has 0 aromatic carbocycles. The number of aromatic nitrogens is 2. The second-order valence-electron chi connectivity index (χ2n) is 7.54. The predicted octanol–water partition coefficient (Wildman–Crippen LogP) is 2.18. The lowest BCUT2D eigenvalue weighted by atomic mass is 9.67. The van der Waals surface area contributed by atoms with E-state index in [1.165, 1.54) is 19.3 Å². The van der Waals surface area contributed by atoms with Crippen LogP contribution in [0, 0.1) is 11.3 Å². The second kappa shape index (κ2) is 9.20. The van der Waals surface area contributed by atoms with E-state index in [0.717, 1.165) is 51.4 Å². The maximum absolute atomic E-state index is 13.1. The van der Waals surface area contributed by atoms with Crippen LogP contribution in [0.4, 0.5) is 5.95 Å². The Morgan fingerprint density at radius 1 is 1.19 bits per heavy atom. The number of hydrogen-bond acceptors (Lipinski definition) is 5.